The molecule has 7 heteroatoms. The van der Waals surface area contributed by atoms with E-state index in [4.69, 9.17) is 5.26 Å². The molecule has 1 amide bonds. The minimum atomic E-state index is -0.642. The van der Waals surface area contributed by atoms with Gasteiger partial charge in [0, 0.05) is 16.1 Å². The van der Waals surface area contributed by atoms with Gasteiger partial charge in [-0.05, 0) is 30.3 Å². The molecule has 6 nitrogen and oxygen atoms in total. The Morgan fingerprint density at radius 3 is 2.67 bits per heavy atom. The van der Waals surface area contributed by atoms with Gasteiger partial charge in [-0.25, -0.2) is 0 Å². The summed E-state index contributed by atoms with van der Waals surface area (Å²) < 4.78 is 0.726. The molecule has 0 spiro atoms. The Balaban J connectivity index is 2.33. The van der Waals surface area contributed by atoms with Gasteiger partial charge in [-0.1, -0.05) is 22.0 Å². The second kappa shape index (κ2) is 6.15. The van der Waals surface area contributed by atoms with Crippen LogP contribution in [0.25, 0.3) is 0 Å². The van der Waals surface area contributed by atoms with Gasteiger partial charge in [0.1, 0.15) is 5.69 Å². The summed E-state index contributed by atoms with van der Waals surface area (Å²) in [5.41, 5.74) is 0.242. The zero-order valence-corrected chi connectivity index (χ0v) is 12.1. The highest BCUT2D eigenvalue weighted by atomic mass is 79.9. The van der Waals surface area contributed by atoms with Gasteiger partial charge in [0.15, 0.2) is 0 Å². The van der Waals surface area contributed by atoms with Crippen molar-refractivity contribution >= 4 is 33.2 Å². The van der Waals surface area contributed by atoms with Crippen LogP contribution in [0.1, 0.15) is 15.9 Å². The molecular formula is C14H8BrN3O3. The van der Waals surface area contributed by atoms with E-state index in [0.717, 1.165) is 10.5 Å². The summed E-state index contributed by atoms with van der Waals surface area (Å²) in [4.78, 5) is 22.4. The topological polar surface area (TPSA) is 96.0 Å². The van der Waals surface area contributed by atoms with Gasteiger partial charge in [0.2, 0.25) is 0 Å². The molecule has 0 unspecified atom stereocenters. The second-order valence-corrected chi connectivity index (χ2v) is 4.98. The van der Waals surface area contributed by atoms with Crippen molar-refractivity contribution in [2.45, 2.75) is 0 Å². The van der Waals surface area contributed by atoms with E-state index in [9.17, 15) is 14.9 Å². The monoisotopic (exact) mass is 345 g/mol. The molecule has 0 aromatic heterocycles. The zero-order valence-electron chi connectivity index (χ0n) is 10.5. The first-order valence-electron chi connectivity index (χ1n) is 5.76. The lowest BCUT2D eigenvalue weighted by atomic mass is 10.1. The molecule has 0 aliphatic rings. The minimum absolute atomic E-state index is 0.0453. The number of anilines is 1. The average molecular weight is 346 g/mol. The minimum Gasteiger partial charge on any atom is -0.316 e. The highest BCUT2D eigenvalue weighted by Crippen LogP contribution is 2.26. The molecule has 0 aliphatic heterocycles. The number of hydrogen-bond acceptors (Lipinski definition) is 4. The molecule has 0 aliphatic carbocycles. The third-order valence-electron chi connectivity index (χ3n) is 2.66. The highest BCUT2D eigenvalue weighted by Gasteiger charge is 2.17. The lowest BCUT2D eigenvalue weighted by Crippen LogP contribution is -2.13. The third kappa shape index (κ3) is 3.43. The smallest absolute Gasteiger partial charge is 0.294 e. The largest absolute Gasteiger partial charge is 0.316 e. The predicted octanol–water partition coefficient (Wildman–Crippen LogP) is 3.48. The fraction of sp³-hybridized carbons (Fsp3) is 0. The summed E-state index contributed by atoms with van der Waals surface area (Å²) in [6, 6.07) is 12.3. The number of hydrogen-bond donors (Lipinski definition) is 1. The summed E-state index contributed by atoms with van der Waals surface area (Å²) in [6.07, 6.45) is 0. The molecule has 0 heterocycles. The number of nitro benzene ring substituents is 1. The summed E-state index contributed by atoms with van der Waals surface area (Å²) in [5.74, 6) is -0.468. The van der Waals surface area contributed by atoms with Crippen molar-refractivity contribution in [3.63, 3.8) is 0 Å². The van der Waals surface area contributed by atoms with Crippen LogP contribution in [-0.2, 0) is 0 Å². The van der Waals surface area contributed by atoms with E-state index in [0.29, 0.717) is 5.56 Å². The number of amides is 1. The van der Waals surface area contributed by atoms with Crippen LogP contribution in [0.4, 0.5) is 11.4 Å². The Morgan fingerprint density at radius 1 is 1.29 bits per heavy atom. The Hall–Kier alpha value is -2.72. The fourth-order valence-corrected chi connectivity index (χ4v) is 2.08. The van der Waals surface area contributed by atoms with E-state index in [1.54, 1.807) is 24.3 Å². The van der Waals surface area contributed by atoms with E-state index in [2.05, 4.69) is 21.2 Å². The van der Waals surface area contributed by atoms with Crippen LogP contribution in [0.2, 0.25) is 0 Å². The van der Waals surface area contributed by atoms with Gasteiger partial charge in [-0.2, -0.15) is 5.26 Å². The summed E-state index contributed by atoms with van der Waals surface area (Å²) in [6.45, 7) is 0. The number of benzene rings is 2. The molecule has 0 saturated heterocycles. The SMILES string of the molecule is N#Cc1ccc(NC(=O)c2cccc(Br)c2)c([N+](=O)[O-])c1. The maximum Gasteiger partial charge on any atom is 0.294 e. The third-order valence-corrected chi connectivity index (χ3v) is 3.15. The van der Waals surface area contributed by atoms with Gasteiger partial charge in [0.05, 0.1) is 16.6 Å². The lowest BCUT2D eigenvalue weighted by Gasteiger charge is -2.06. The van der Waals surface area contributed by atoms with Crippen LogP contribution in [0.3, 0.4) is 0 Å². The van der Waals surface area contributed by atoms with E-state index in [1.807, 2.05) is 6.07 Å². The number of halogens is 1. The average Bonchev–Trinajstić information content (AvgIpc) is 2.47. The number of nitrogens with one attached hydrogen (secondary N) is 1. The first kappa shape index (κ1) is 14.7. The van der Waals surface area contributed by atoms with Gasteiger partial charge < -0.3 is 5.32 Å². The molecule has 0 atom stereocenters. The number of rotatable bonds is 3. The van der Waals surface area contributed by atoms with Crippen LogP contribution in [0, 0.1) is 21.4 Å². The zero-order chi connectivity index (χ0) is 15.4. The molecule has 1 N–H and O–H groups in total. The summed E-state index contributed by atoms with van der Waals surface area (Å²) in [7, 11) is 0. The Morgan fingerprint density at radius 2 is 2.05 bits per heavy atom. The number of nitrogens with zero attached hydrogens (tertiary/aromatic N) is 2. The number of carbonyl (C=O) groups is 1. The lowest BCUT2D eigenvalue weighted by molar-refractivity contribution is -0.383. The Bertz CT molecular complexity index is 768. The quantitative estimate of drug-likeness (QED) is 0.680. The molecule has 0 radical (unpaired) electrons. The molecule has 2 rings (SSSR count). The van der Waals surface area contributed by atoms with Crippen molar-refractivity contribution in [3.8, 4) is 6.07 Å². The van der Waals surface area contributed by atoms with Gasteiger partial charge >= 0.3 is 0 Å². The van der Waals surface area contributed by atoms with E-state index < -0.39 is 10.8 Å². The molecule has 2 aromatic carbocycles. The van der Waals surface area contributed by atoms with Crippen LogP contribution >= 0.6 is 15.9 Å². The molecule has 21 heavy (non-hydrogen) atoms. The highest BCUT2D eigenvalue weighted by molar-refractivity contribution is 9.10. The van der Waals surface area contributed by atoms with Crippen molar-refractivity contribution < 1.29 is 9.72 Å². The predicted molar refractivity (Wildman–Crippen MR) is 79.9 cm³/mol. The summed E-state index contributed by atoms with van der Waals surface area (Å²) >= 11 is 3.25. The number of nitriles is 1. The van der Waals surface area contributed by atoms with Crippen molar-refractivity contribution in [2.24, 2.45) is 0 Å². The maximum absolute atomic E-state index is 12.1. The normalized spacial score (nSPS) is 9.71. The maximum atomic E-state index is 12.1. The standard InChI is InChI=1S/C14H8BrN3O3/c15-11-3-1-2-10(7-11)14(19)17-12-5-4-9(8-16)6-13(12)18(20)21/h1-7H,(H,17,19). The first-order valence-corrected chi connectivity index (χ1v) is 6.56. The summed E-state index contributed by atoms with van der Waals surface area (Å²) in [5, 5.41) is 22.2. The van der Waals surface area contributed by atoms with Crippen molar-refractivity contribution in [2.75, 3.05) is 5.32 Å². The van der Waals surface area contributed by atoms with Crippen LogP contribution < -0.4 is 5.32 Å². The van der Waals surface area contributed by atoms with Crippen molar-refractivity contribution in [1.82, 2.24) is 0 Å². The Labute approximate surface area is 128 Å². The van der Waals surface area contributed by atoms with Crippen LogP contribution in [0.5, 0.6) is 0 Å². The van der Waals surface area contributed by atoms with E-state index in [-0.39, 0.29) is 16.9 Å². The molecule has 2 aromatic rings. The van der Waals surface area contributed by atoms with Gasteiger partial charge in [-0.3, -0.25) is 14.9 Å². The van der Waals surface area contributed by atoms with Crippen LogP contribution in [0.15, 0.2) is 46.9 Å². The van der Waals surface area contributed by atoms with Crippen molar-refractivity contribution in [3.05, 3.63) is 68.2 Å². The second-order valence-electron chi connectivity index (χ2n) is 4.07. The number of nitro groups is 1. The van der Waals surface area contributed by atoms with Gasteiger partial charge in [0.25, 0.3) is 11.6 Å². The van der Waals surface area contributed by atoms with Gasteiger partial charge in [-0.15, -0.1) is 0 Å². The molecule has 0 saturated carbocycles. The molecule has 0 bridgehead atoms. The number of carbonyl (C=O) groups excluding carboxylic acids is 1. The fourth-order valence-electron chi connectivity index (χ4n) is 1.68. The van der Waals surface area contributed by atoms with E-state index in [1.165, 1.54) is 12.1 Å². The molecule has 104 valence electrons. The van der Waals surface area contributed by atoms with Crippen molar-refractivity contribution in [1.29, 1.82) is 5.26 Å². The molecule has 0 fully saturated rings. The first-order chi connectivity index (χ1) is 10.0. The molecular weight excluding hydrogens is 338 g/mol. The van der Waals surface area contributed by atoms with Crippen LogP contribution in [-0.4, -0.2) is 10.8 Å². The van der Waals surface area contributed by atoms with E-state index >= 15 is 0 Å². The Kier molecular flexibility index (Phi) is 4.30.